The molecule has 1 heterocycles. The number of fused-ring (bicyclic) bond motifs is 1. The van der Waals surface area contributed by atoms with Gasteiger partial charge in [0.25, 0.3) is 0 Å². The molecule has 1 aromatic heterocycles. The molecular weight excluding hydrogens is 284 g/mol. The number of aromatic nitrogens is 2. The Hall–Kier alpha value is -2.52. The van der Waals surface area contributed by atoms with Crippen molar-refractivity contribution in [1.82, 2.24) is 9.97 Å². The molecule has 0 atom stereocenters. The van der Waals surface area contributed by atoms with Crippen molar-refractivity contribution in [2.24, 2.45) is 0 Å². The van der Waals surface area contributed by atoms with E-state index in [0.29, 0.717) is 10.6 Å². The number of ketones is 1. The lowest BCUT2D eigenvalue weighted by Crippen LogP contribution is -1.93. The molecule has 3 rings (SSSR count). The Labute approximate surface area is 126 Å². The highest BCUT2D eigenvalue weighted by Crippen LogP contribution is 2.14. The van der Waals surface area contributed by atoms with Crippen molar-refractivity contribution >= 4 is 34.5 Å². The number of nitrogens with zero attached hydrogens (tertiary/aromatic N) is 2. The molecule has 0 spiro atoms. The fraction of sp³-hybridized carbons (Fsp3) is 0. The summed E-state index contributed by atoms with van der Waals surface area (Å²) in [7, 11) is 0. The molecule has 0 fully saturated rings. The van der Waals surface area contributed by atoms with E-state index in [1.165, 1.54) is 0 Å². The largest absolute Gasteiger partial charge is 0.289 e. The van der Waals surface area contributed by atoms with Crippen LogP contribution in [0.25, 0.3) is 17.1 Å². The summed E-state index contributed by atoms with van der Waals surface area (Å²) in [6.07, 6.45) is 6.61. The van der Waals surface area contributed by atoms with Gasteiger partial charge in [0.1, 0.15) is 0 Å². The number of carbonyl (C=O) groups is 1. The van der Waals surface area contributed by atoms with Crippen LogP contribution in [0.1, 0.15) is 15.9 Å². The summed E-state index contributed by atoms with van der Waals surface area (Å²) >= 11 is 5.80. The lowest BCUT2D eigenvalue weighted by atomic mass is 10.1. The van der Waals surface area contributed by atoms with Crippen LogP contribution in [0.3, 0.4) is 0 Å². The zero-order chi connectivity index (χ0) is 14.7. The van der Waals surface area contributed by atoms with Crippen molar-refractivity contribution < 1.29 is 4.79 Å². The first-order chi connectivity index (χ1) is 10.2. The predicted molar refractivity (Wildman–Crippen MR) is 84.4 cm³/mol. The second-order valence-corrected chi connectivity index (χ2v) is 4.95. The number of benzene rings is 2. The van der Waals surface area contributed by atoms with Crippen LogP contribution in [0.15, 0.2) is 60.9 Å². The highest BCUT2D eigenvalue weighted by Gasteiger charge is 2.01. The van der Waals surface area contributed by atoms with Crippen molar-refractivity contribution in [3.05, 3.63) is 77.1 Å². The fourth-order valence-electron chi connectivity index (χ4n) is 1.97. The number of rotatable bonds is 3. The quantitative estimate of drug-likeness (QED) is 0.537. The van der Waals surface area contributed by atoms with Crippen molar-refractivity contribution in [1.29, 1.82) is 0 Å². The molecule has 0 saturated carbocycles. The summed E-state index contributed by atoms with van der Waals surface area (Å²) in [6.45, 7) is 0. The Kier molecular flexibility index (Phi) is 3.75. The maximum Gasteiger partial charge on any atom is 0.185 e. The summed E-state index contributed by atoms with van der Waals surface area (Å²) < 4.78 is 0. The zero-order valence-corrected chi connectivity index (χ0v) is 11.8. The number of carbonyl (C=O) groups excluding carboxylic acids is 1. The number of allylic oxidation sites excluding steroid dienone is 1. The third-order valence-corrected chi connectivity index (χ3v) is 3.30. The van der Waals surface area contributed by atoms with Crippen LogP contribution in [0.4, 0.5) is 0 Å². The molecule has 2 aromatic carbocycles. The standard InChI is InChI=1S/C17H11ClN2O/c18-14-5-3-13(4-6-14)17(21)8-2-12-1-7-15-16(11-12)20-10-9-19-15/h1-11H/b8-2+. The van der Waals surface area contributed by atoms with Gasteiger partial charge < -0.3 is 0 Å². The van der Waals surface area contributed by atoms with E-state index < -0.39 is 0 Å². The number of hydrogen-bond donors (Lipinski definition) is 0. The molecule has 0 N–H and O–H groups in total. The van der Waals surface area contributed by atoms with Gasteiger partial charge in [-0.25, -0.2) is 0 Å². The average Bonchev–Trinajstić information content (AvgIpc) is 2.53. The molecular formula is C17H11ClN2O. The van der Waals surface area contributed by atoms with E-state index in [-0.39, 0.29) is 5.78 Å². The molecule has 3 nitrogen and oxygen atoms in total. The smallest absolute Gasteiger partial charge is 0.185 e. The van der Waals surface area contributed by atoms with Crippen LogP contribution in [0.5, 0.6) is 0 Å². The maximum absolute atomic E-state index is 12.0. The molecule has 0 radical (unpaired) electrons. The molecule has 0 aliphatic rings. The van der Waals surface area contributed by atoms with Gasteiger partial charge in [0, 0.05) is 23.0 Å². The first-order valence-electron chi connectivity index (χ1n) is 6.41. The first kappa shape index (κ1) is 13.5. The SMILES string of the molecule is O=C(/C=C/c1ccc2nccnc2c1)c1ccc(Cl)cc1. The Morgan fingerprint density at radius 3 is 2.43 bits per heavy atom. The Bertz CT molecular complexity index is 826. The highest BCUT2D eigenvalue weighted by atomic mass is 35.5. The summed E-state index contributed by atoms with van der Waals surface area (Å²) in [5.74, 6) is -0.0640. The molecule has 0 aliphatic carbocycles. The van der Waals surface area contributed by atoms with Gasteiger partial charge in [-0.05, 0) is 48.0 Å². The van der Waals surface area contributed by atoms with E-state index in [9.17, 15) is 4.79 Å². The Morgan fingerprint density at radius 1 is 0.952 bits per heavy atom. The zero-order valence-electron chi connectivity index (χ0n) is 11.0. The minimum atomic E-state index is -0.0640. The molecule has 0 unspecified atom stereocenters. The third-order valence-electron chi connectivity index (χ3n) is 3.05. The van der Waals surface area contributed by atoms with Crippen LogP contribution in [0.2, 0.25) is 5.02 Å². The Morgan fingerprint density at radius 2 is 1.67 bits per heavy atom. The lowest BCUT2D eigenvalue weighted by Gasteiger charge is -1.98. The van der Waals surface area contributed by atoms with Gasteiger partial charge in [-0.3, -0.25) is 14.8 Å². The van der Waals surface area contributed by atoms with E-state index in [1.807, 2.05) is 18.2 Å². The lowest BCUT2D eigenvalue weighted by molar-refractivity contribution is 0.104. The maximum atomic E-state index is 12.0. The van der Waals surface area contributed by atoms with Gasteiger partial charge in [0.05, 0.1) is 11.0 Å². The normalized spacial score (nSPS) is 11.1. The minimum absolute atomic E-state index is 0.0640. The molecule has 102 valence electrons. The van der Waals surface area contributed by atoms with Crippen molar-refractivity contribution in [2.45, 2.75) is 0 Å². The van der Waals surface area contributed by atoms with Gasteiger partial charge in [0.15, 0.2) is 5.78 Å². The highest BCUT2D eigenvalue weighted by molar-refractivity contribution is 6.30. The van der Waals surface area contributed by atoms with Gasteiger partial charge in [-0.15, -0.1) is 0 Å². The number of halogens is 1. The molecule has 0 saturated heterocycles. The summed E-state index contributed by atoms with van der Waals surface area (Å²) in [4.78, 5) is 20.5. The van der Waals surface area contributed by atoms with E-state index in [2.05, 4.69) is 9.97 Å². The van der Waals surface area contributed by atoms with Crippen molar-refractivity contribution in [2.75, 3.05) is 0 Å². The molecule has 3 aromatic rings. The van der Waals surface area contributed by atoms with Gasteiger partial charge in [0.2, 0.25) is 0 Å². The van der Waals surface area contributed by atoms with Crippen LogP contribution in [0, 0.1) is 0 Å². The van der Waals surface area contributed by atoms with E-state index in [0.717, 1.165) is 16.6 Å². The third kappa shape index (κ3) is 3.15. The van der Waals surface area contributed by atoms with Gasteiger partial charge in [-0.2, -0.15) is 0 Å². The monoisotopic (exact) mass is 294 g/mol. The second-order valence-electron chi connectivity index (χ2n) is 4.51. The summed E-state index contributed by atoms with van der Waals surface area (Å²) in [6, 6.07) is 12.5. The molecule has 4 heteroatoms. The van der Waals surface area contributed by atoms with Crippen LogP contribution in [-0.4, -0.2) is 15.8 Å². The van der Waals surface area contributed by atoms with E-state index >= 15 is 0 Å². The van der Waals surface area contributed by atoms with E-state index in [4.69, 9.17) is 11.6 Å². The predicted octanol–water partition coefficient (Wildman–Crippen LogP) is 4.18. The fourth-order valence-corrected chi connectivity index (χ4v) is 2.09. The van der Waals surface area contributed by atoms with Crippen LogP contribution >= 0.6 is 11.6 Å². The first-order valence-corrected chi connectivity index (χ1v) is 6.79. The van der Waals surface area contributed by atoms with Crippen LogP contribution in [-0.2, 0) is 0 Å². The van der Waals surface area contributed by atoms with Gasteiger partial charge in [-0.1, -0.05) is 23.7 Å². The molecule has 0 amide bonds. The van der Waals surface area contributed by atoms with Gasteiger partial charge >= 0.3 is 0 Å². The number of hydrogen-bond acceptors (Lipinski definition) is 3. The average molecular weight is 295 g/mol. The molecule has 21 heavy (non-hydrogen) atoms. The summed E-state index contributed by atoms with van der Waals surface area (Å²) in [5, 5.41) is 0.614. The van der Waals surface area contributed by atoms with Crippen molar-refractivity contribution in [3.63, 3.8) is 0 Å². The second kappa shape index (κ2) is 5.85. The summed E-state index contributed by atoms with van der Waals surface area (Å²) in [5.41, 5.74) is 3.15. The Balaban J connectivity index is 1.83. The van der Waals surface area contributed by atoms with Crippen LogP contribution < -0.4 is 0 Å². The minimum Gasteiger partial charge on any atom is -0.289 e. The molecule has 0 aliphatic heterocycles. The van der Waals surface area contributed by atoms with E-state index in [1.54, 1.807) is 48.8 Å². The van der Waals surface area contributed by atoms with Crippen molar-refractivity contribution in [3.8, 4) is 0 Å². The molecule has 0 bridgehead atoms. The topological polar surface area (TPSA) is 42.9 Å².